The Balaban J connectivity index is 1.73. The van der Waals surface area contributed by atoms with Crippen LogP contribution in [-0.4, -0.2) is 15.9 Å². The maximum absolute atomic E-state index is 12.2. The number of nitrogens with two attached hydrogens (primary N) is 1. The van der Waals surface area contributed by atoms with E-state index >= 15 is 0 Å². The van der Waals surface area contributed by atoms with Crippen molar-refractivity contribution in [1.82, 2.24) is 15.4 Å². The van der Waals surface area contributed by atoms with Crippen molar-refractivity contribution in [3.05, 3.63) is 70.5 Å². The predicted molar refractivity (Wildman–Crippen MR) is 104 cm³/mol. The highest BCUT2D eigenvalue weighted by molar-refractivity contribution is 6.33. The Labute approximate surface area is 159 Å². The van der Waals surface area contributed by atoms with Gasteiger partial charge in [0.05, 0.1) is 10.7 Å². The summed E-state index contributed by atoms with van der Waals surface area (Å²) in [6, 6.07) is 13.7. The number of nitrogens with zero attached hydrogens (tertiary/aromatic N) is 2. The zero-order chi connectivity index (χ0) is 18.5. The molecule has 0 saturated carbocycles. The molecular weight excluding hydrogens is 375 g/mol. The lowest BCUT2D eigenvalue weighted by molar-refractivity contribution is 0.0962. The monoisotopic (exact) mass is 388 g/mol. The average molecular weight is 389 g/mol. The Morgan fingerprint density at radius 1 is 1.00 bits per heavy atom. The quantitative estimate of drug-likeness (QED) is 0.494. The van der Waals surface area contributed by atoms with Gasteiger partial charge in [-0.05, 0) is 30.3 Å². The third-order valence-corrected chi connectivity index (χ3v) is 3.96. The number of carbonyl (C=O) groups is 1. The number of hydrogen-bond donors (Lipinski definition) is 4. The van der Waals surface area contributed by atoms with Gasteiger partial charge in [0.15, 0.2) is 11.6 Å². The highest BCUT2D eigenvalue weighted by Crippen LogP contribution is 2.29. The molecule has 0 spiro atoms. The van der Waals surface area contributed by atoms with E-state index in [0.29, 0.717) is 27.1 Å². The molecule has 1 heterocycles. The number of hydrogen-bond acceptors (Lipinski definition) is 6. The number of nitrogens with one attached hydrogen (secondary N) is 3. The number of anilines is 4. The standard InChI is InChI=1S/C17H14Cl2N6O/c18-11-5-3-4-10(8-11)17(26)25-24-16-14(20)15(21-9-22-16)23-13-7-2-1-6-12(13)19/h1-9H,20H2,(H,25,26)(H2,21,22,23,24). The summed E-state index contributed by atoms with van der Waals surface area (Å²) in [5.41, 5.74) is 12.5. The zero-order valence-electron chi connectivity index (χ0n) is 13.3. The third-order valence-electron chi connectivity index (χ3n) is 3.39. The van der Waals surface area contributed by atoms with E-state index in [-0.39, 0.29) is 17.4 Å². The minimum atomic E-state index is -0.383. The van der Waals surface area contributed by atoms with Crippen LogP contribution in [0.3, 0.4) is 0 Å². The third kappa shape index (κ3) is 4.14. The van der Waals surface area contributed by atoms with Crippen LogP contribution < -0.4 is 21.9 Å². The second-order valence-electron chi connectivity index (χ2n) is 5.18. The van der Waals surface area contributed by atoms with Crippen molar-refractivity contribution >= 4 is 52.1 Å². The molecule has 5 N–H and O–H groups in total. The molecule has 0 atom stereocenters. The lowest BCUT2D eigenvalue weighted by Crippen LogP contribution is -2.30. The van der Waals surface area contributed by atoms with Crippen LogP contribution in [0.25, 0.3) is 0 Å². The lowest BCUT2D eigenvalue weighted by Gasteiger charge is -2.13. The fourth-order valence-electron chi connectivity index (χ4n) is 2.10. The van der Waals surface area contributed by atoms with E-state index in [9.17, 15) is 4.79 Å². The largest absolute Gasteiger partial charge is 0.393 e. The Hall–Kier alpha value is -3.03. The maximum Gasteiger partial charge on any atom is 0.269 e. The van der Waals surface area contributed by atoms with E-state index in [4.69, 9.17) is 28.9 Å². The molecule has 0 aliphatic carbocycles. The number of nitrogen functional groups attached to an aromatic ring is 1. The molecule has 0 saturated heterocycles. The van der Waals surface area contributed by atoms with E-state index in [1.807, 2.05) is 12.1 Å². The summed E-state index contributed by atoms with van der Waals surface area (Å²) in [6.07, 6.45) is 1.31. The molecule has 132 valence electrons. The summed E-state index contributed by atoms with van der Waals surface area (Å²) in [6.45, 7) is 0. The van der Waals surface area contributed by atoms with Crippen LogP contribution in [-0.2, 0) is 0 Å². The summed E-state index contributed by atoms with van der Waals surface area (Å²) in [7, 11) is 0. The van der Waals surface area contributed by atoms with Crippen molar-refractivity contribution in [1.29, 1.82) is 0 Å². The Morgan fingerprint density at radius 3 is 2.54 bits per heavy atom. The number of para-hydroxylation sites is 1. The molecule has 0 aliphatic heterocycles. The van der Waals surface area contributed by atoms with Gasteiger partial charge in [0.25, 0.3) is 5.91 Å². The first-order chi connectivity index (χ1) is 12.5. The lowest BCUT2D eigenvalue weighted by atomic mass is 10.2. The van der Waals surface area contributed by atoms with E-state index in [0.717, 1.165) is 0 Å². The molecule has 0 radical (unpaired) electrons. The first-order valence-electron chi connectivity index (χ1n) is 7.48. The highest BCUT2D eigenvalue weighted by atomic mass is 35.5. The van der Waals surface area contributed by atoms with Gasteiger partial charge < -0.3 is 11.1 Å². The van der Waals surface area contributed by atoms with Crippen molar-refractivity contribution in [2.24, 2.45) is 0 Å². The second kappa shape index (κ2) is 7.90. The zero-order valence-corrected chi connectivity index (χ0v) is 14.8. The molecule has 3 rings (SSSR count). The number of halogens is 2. The summed E-state index contributed by atoms with van der Waals surface area (Å²) < 4.78 is 0. The van der Waals surface area contributed by atoms with E-state index < -0.39 is 0 Å². The molecule has 26 heavy (non-hydrogen) atoms. The SMILES string of the molecule is Nc1c(NNC(=O)c2cccc(Cl)c2)ncnc1Nc1ccccc1Cl. The topological polar surface area (TPSA) is 105 Å². The molecule has 7 nitrogen and oxygen atoms in total. The highest BCUT2D eigenvalue weighted by Gasteiger charge is 2.11. The van der Waals surface area contributed by atoms with Gasteiger partial charge in [0.1, 0.15) is 12.0 Å². The van der Waals surface area contributed by atoms with Crippen molar-refractivity contribution in [2.45, 2.75) is 0 Å². The molecule has 0 bridgehead atoms. The molecule has 9 heteroatoms. The molecule has 0 fully saturated rings. The van der Waals surface area contributed by atoms with Crippen molar-refractivity contribution < 1.29 is 4.79 Å². The minimum absolute atomic E-state index is 0.221. The molecule has 2 aromatic carbocycles. The number of carbonyl (C=O) groups excluding carboxylic acids is 1. The van der Waals surface area contributed by atoms with E-state index in [2.05, 4.69) is 26.1 Å². The average Bonchev–Trinajstić information content (AvgIpc) is 2.64. The molecule has 3 aromatic rings. The summed E-state index contributed by atoms with van der Waals surface area (Å²) in [4.78, 5) is 20.3. The van der Waals surface area contributed by atoms with Crippen molar-refractivity contribution in [2.75, 3.05) is 16.5 Å². The van der Waals surface area contributed by atoms with Crippen LogP contribution in [0.5, 0.6) is 0 Å². The van der Waals surface area contributed by atoms with Crippen LogP contribution in [0.1, 0.15) is 10.4 Å². The summed E-state index contributed by atoms with van der Waals surface area (Å²) in [5.74, 6) is 0.212. The first-order valence-corrected chi connectivity index (χ1v) is 8.24. The van der Waals surface area contributed by atoms with Crippen molar-refractivity contribution in [3.8, 4) is 0 Å². The Kier molecular flexibility index (Phi) is 5.40. The predicted octanol–water partition coefficient (Wildman–Crippen LogP) is 3.87. The minimum Gasteiger partial charge on any atom is -0.393 e. The number of aromatic nitrogens is 2. The van der Waals surface area contributed by atoms with E-state index in [1.54, 1.807) is 36.4 Å². The maximum atomic E-state index is 12.2. The fraction of sp³-hybridized carbons (Fsp3) is 0. The summed E-state index contributed by atoms with van der Waals surface area (Å²) >= 11 is 12.0. The second-order valence-corrected chi connectivity index (χ2v) is 6.02. The molecule has 1 amide bonds. The Morgan fingerprint density at radius 2 is 1.77 bits per heavy atom. The van der Waals surface area contributed by atoms with Crippen LogP contribution in [0, 0.1) is 0 Å². The smallest absolute Gasteiger partial charge is 0.269 e. The number of amides is 1. The molecule has 0 aliphatic rings. The Bertz CT molecular complexity index is 950. The number of hydrazine groups is 1. The molecule has 1 aromatic heterocycles. The van der Waals surface area contributed by atoms with Gasteiger partial charge in [0.2, 0.25) is 0 Å². The van der Waals surface area contributed by atoms with Crippen LogP contribution in [0.15, 0.2) is 54.9 Å². The van der Waals surface area contributed by atoms with Gasteiger partial charge in [-0.15, -0.1) is 0 Å². The normalized spacial score (nSPS) is 10.2. The molecule has 0 unspecified atom stereocenters. The molecular formula is C17H14Cl2N6O. The summed E-state index contributed by atoms with van der Waals surface area (Å²) in [5, 5.41) is 4.02. The van der Waals surface area contributed by atoms with Gasteiger partial charge in [-0.1, -0.05) is 41.4 Å². The van der Waals surface area contributed by atoms with Gasteiger partial charge in [0, 0.05) is 10.6 Å². The van der Waals surface area contributed by atoms with Crippen LogP contribution in [0.4, 0.5) is 23.0 Å². The van der Waals surface area contributed by atoms with E-state index in [1.165, 1.54) is 6.33 Å². The van der Waals surface area contributed by atoms with Gasteiger partial charge >= 0.3 is 0 Å². The van der Waals surface area contributed by atoms with Crippen molar-refractivity contribution in [3.63, 3.8) is 0 Å². The van der Waals surface area contributed by atoms with Crippen LogP contribution >= 0.6 is 23.2 Å². The first kappa shape index (κ1) is 17.8. The van der Waals surface area contributed by atoms with Gasteiger partial charge in [-0.25, -0.2) is 9.97 Å². The van der Waals surface area contributed by atoms with Crippen LogP contribution in [0.2, 0.25) is 10.0 Å². The number of benzene rings is 2. The number of rotatable bonds is 5. The van der Waals surface area contributed by atoms with Gasteiger partial charge in [-0.3, -0.25) is 15.6 Å². The van der Waals surface area contributed by atoms with Gasteiger partial charge in [-0.2, -0.15) is 0 Å². The fourth-order valence-corrected chi connectivity index (χ4v) is 2.48.